The highest BCUT2D eigenvalue weighted by Crippen LogP contribution is 2.45. The van der Waals surface area contributed by atoms with Gasteiger partial charge in [-0.3, -0.25) is 9.69 Å². The highest BCUT2D eigenvalue weighted by atomic mass is 32.2. The van der Waals surface area contributed by atoms with E-state index in [0.29, 0.717) is 50.1 Å². The minimum Gasteiger partial charge on any atom is -0.338 e. The number of carbonyl (C=O) groups is 1. The number of halogens is 2. The summed E-state index contributed by atoms with van der Waals surface area (Å²) in [5, 5.41) is 0. The van der Waals surface area contributed by atoms with Crippen molar-refractivity contribution in [3.05, 3.63) is 95.3 Å². The van der Waals surface area contributed by atoms with E-state index < -0.39 is 44.1 Å². The number of amides is 1. The van der Waals surface area contributed by atoms with Crippen LogP contribution in [0, 0.1) is 18.6 Å². The number of aromatic nitrogens is 2. The van der Waals surface area contributed by atoms with Gasteiger partial charge in [-0.15, -0.1) is 0 Å². The molecule has 7 rings (SSSR count). The van der Waals surface area contributed by atoms with Crippen molar-refractivity contribution in [1.29, 1.82) is 0 Å². The largest absolute Gasteiger partial charge is 0.338 e. The van der Waals surface area contributed by atoms with Crippen molar-refractivity contribution >= 4 is 27.0 Å². The van der Waals surface area contributed by atoms with Crippen LogP contribution in [0.15, 0.2) is 71.6 Å². The van der Waals surface area contributed by atoms with Gasteiger partial charge in [-0.2, -0.15) is 0 Å². The van der Waals surface area contributed by atoms with E-state index in [4.69, 9.17) is 4.98 Å². The van der Waals surface area contributed by atoms with Crippen molar-refractivity contribution < 1.29 is 22.0 Å². The molecule has 11 heteroatoms. The monoisotopic (exact) mass is 689 g/mol. The number of benzene rings is 3. The molecule has 0 radical (unpaired) electrons. The van der Waals surface area contributed by atoms with Crippen molar-refractivity contribution in [2.24, 2.45) is 0 Å². The molecule has 1 unspecified atom stereocenters. The first kappa shape index (κ1) is 33.8. The third kappa shape index (κ3) is 6.41. The standard InChI is InChI=1S/C38H45F2N5O3S/c1-25(2)42-49(47,48)36-23-31(32(39)24-33(36)40)37(46)43-18-15-38(16-19-43,27-9-5-4-6-10-27)17-20-44-28-13-14-29(44)22-30(21-28)45-26(3)41-34-11-7-8-12-35(34)45/h4-12,23-25,28-30,42H,13-22H2,1-3H3/t28-,29+,30?. The van der Waals surface area contributed by atoms with E-state index in [9.17, 15) is 17.6 Å². The normalized spacial score (nSPS) is 22.7. The summed E-state index contributed by atoms with van der Waals surface area (Å²) in [6.07, 6.45) is 6.92. The van der Waals surface area contributed by atoms with Gasteiger partial charge in [0.15, 0.2) is 0 Å². The van der Waals surface area contributed by atoms with E-state index in [1.807, 2.05) is 12.1 Å². The maximum absolute atomic E-state index is 15.0. The van der Waals surface area contributed by atoms with Crippen LogP contribution in [-0.2, 0) is 15.4 Å². The number of nitrogens with one attached hydrogen (secondary N) is 1. The Labute approximate surface area is 287 Å². The van der Waals surface area contributed by atoms with Crippen molar-refractivity contribution in [1.82, 2.24) is 24.1 Å². The zero-order valence-electron chi connectivity index (χ0n) is 28.4. The number of carbonyl (C=O) groups excluding carboxylic acids is 1. The van der Waals surface area contributed by atoms with Gasteiger partial charge in [-0.1, -0.05) is 42.5 Å². The minimum absolute atomic E-state index is 0.164. The van der Waals surface area contributed by atoms with Gasteiger partial charge in [-0.25, -0.2) is 26.9 Å². The maximum atomic E-state index is 15.0. The molecule has 260 valence electrons. The summed E-state index contributed by atoms with van der Waals surface area (Å²) >= 11 is 0. The van der Waals surface area contributed by atoms with Gasteiger partial charge in [0.05, 0.1) is 16.6 Å². The van der Waals surface area contributed by atoms with Crippen molar-refractivity contribution in [3.8, 4) is 0 Å². The smallest absolute Gasteiger partial charge is 0.256 e. The lowest BCUT2D eigenvalue weighted by molar-refractivity contribution is 0.0602. The molecule has 3 aromatic carbocycles. The SMILES string of the molecule is Cc1nc2ccccc2n1C1C[C@H]2CC[C@@H](C1)N2CCC1(c2ccccc2)CCN(C(=O)c2cc(S(=O)(=O)NC(C)C)c(F)cc2F)CC1. The molecule has 3 saturated heterocycles. The summed E-state index contributed by atoms with van der Waals surface area (Å²) in [6, 6.07) is 21.2. The minimum atomic E-state index is -4.27. The second-order valence-electron chi connectivity index (χ2n) is 14.5. The summed E-state index contributed by atoms with van der Waals surface area (Å²) in [4.78, 5) is 22.1. The molecule has 1 amide bonds. The Hall–Kier alpha value is -3.67. The molecule has 2 bridgehead atoms. The van der Waals surface area contributed by atoms with Crippen LogP contribution in [0.3, 0.4) is 0 Å². The zero-order chi connectivity index (χ0) is 34.5. The lowest BCUT2D eigenvalue weighted by Gasteiger charge is -2.45. The van der Waals surface area contributed by atoms with Crippen molar-refractivity contribution in [3.63, 3.8) is 0 Å². The van der Waals surface area contributed by atoms with E-state index >= 15 is 4.39 Å². The number of imidazole rings is 1. The van der Waals surface area contributed by atoms with Crippen LogP contribution < -0.4 is 4.72 Å². The van der Waals surface area contributed by atoms with Crippen LogP contribution in [0.4, 0.5) is 8.78 Å². The first-order valence-corrected chi connectivity index (χ1v) is 19.0. The van der Waals surface area contributed by atoms with Crippen LogP contribution in [0.1, 0.15) is 86.6 Å². The molecular formula is C38H45F2N5O3S. The Kier molecular flexibility index (Phi) is 9.13. The van der Waals surface area contributed by atoms with Gasteiger partial charge in [0.2, 0.25) is 10.0 Å². The van der Waals surface area contributed by atoms with E-state index in [-0.39, 0.29) is 5.41 Å². The molecule has 1 aromatic heterocycles. The first-order valence-electron chi connectivity index (χ1n) is 17.5. The molecular weight excluding hydrogens is 645 g/mol. The van der Waals surface area contributed by atoms with E-state index in [1.165, 1.54) is 23.9 Å². The van der Waals surface area contributed by atoms with Gasteiger partial charge in [0.25, 0.3) is 5.91 Å². The van der Waals surface area contributed by atoms with E-state index in [0.717, 1.165) is 43.2 Å². The van der Waals surface area contributed by atoms with Crippen LogP contribution in [0.2, 0.25) is 0 Å². The third-order valence-electron chi connectivity index (χ3n) is 11.2. The Morgan fingerprint density at radius 2 is 1.59 bits per heavy atom. The van der Waals surface area contributed by atoms with Gasteiger partial charge in [0, 0.05) is 43.3 Å². The molecule has 0 aliphatic carbocycles. The molecule has 3 atom stereocenters. The number of rotatable bonds is 9. The lowest BCUT2D eigenvalue weighted by atomic mass is 9.70. The number of likely N-dealkylation sites (tertiary alicyclic amines) is 1. The molecule has 4 heterocycles. The molecule has 3 aliphatic rings. The molecule has 3 aliphatic heterocycles. The number of fused-ring (bicyclic) bond motifs is 3. The molecule has 8 nitrogen and oxygen atoms in total. The number of hydrogen-bond donors (Lipinski definition) is 1. The number of nitrogens with zero attached hydrogens (tertiary/aromatic N) is 4. The Morgan fingerprint density at radius 1 is 0.939 bits per heavy atom. The second kappa shape index (κ2) is 13.2. The zero-order valence-corrected chi connectivity index (χ0v) is 29.2. The average molecular weight is 690 g/mol. The van der Waals surface area contributed by atoms with Gasteiger partial charge in [-0.05, 0) is 101 Å². The summed E-state index contributed by atoms with van der Waals surface area (Å²) in [7, 11) is -4.27. The maximum Gasteiger partial charge on any atom is 0.256 e. The third-order valence-corrected chi connectivity index (χ3v) is 12.8. The Morgan fingerprint density at radius 3 is 2.27 bits per heavy atom. The van der Waals surface area contributed by atoms with Crippen LogP contribution >= 0.6 is 0 Å². The summed E-state index contributed by atoms with van der Waals surface area (Å²) in [5.74, 6) is -1.84. The molecule has 3 fully saturated rings. The summed E-state index contributed by atoms with van der Waals surface area (Å²) in [6.45, 7) is 7.07. The summed E-state index contributed by atoms with van der Waals surface area (Å²) in [5.41, 5.74) is 2.92. The van der Waals surface area contributed by atoms with E-state index in [1.54, 1.807) is 18.7 Å². The fraction of sp³-hybridized carbons (Fsp3) is 0.474. The number of para-hydroxylation sites is 2. The molecule has 4 aromatic rings. The number of sulfonamides is 1. The lowest BCUT2D eigenvalue weighted by Crippen LogP contribution is -2.49. The topological polar surface area (TPSA) is 87.5 Å². The fourth-order valence-corrected chi connectivity index (χ4v) is 10.2. The summed E-state index contributed by atoms with van der Waals surface area (Å²) < 4.78 is 60.0. The quantitative estimate of drug-likeness (QED) is 0.210. The Balaban J connectivity index is 1.07. The number of hydrogen-bond acceptors (Lipinski definition) is 5. The highest BCUT2D eigenvalue weighted by molar-refractivity contribution is 7.89. The van der Waals surface area contributed by atoms with Gasteiger partial charge >= 0.3 is 0 Å². The van der Waals surface area contributed by atoms with Crippen LogP contribution in [-0.4, -0.2) is 71.4 Å². The highest BCUT2D eigenvalue weighted by Gasteiger charge is 2.44. The van der Waals surface area contributed by atoms with Crippen LogP contribution in [0.5, 0.6) is 0 Å². The van der Waals surface area contributed by atoms with Crippen molar-refractivity contribution in [2.45, 2.75) is 100 Å². The van der Waals surface area contributed by atoms with Gasteiger partial charge in [0.1, 0.15) is 22.4 Å². The average Bonchev–Trinajstić information content (AvgIpc) is 3.53. The molecule has 49 heavy (non-hydrogen) atoms. The van der Waals surface area contributed by atoms with Gasteiger partial charge < -0.3 is 9.47 Å². The second-order valence-corrected chi connectivity index (χ2v) is 16.2. The fourth-order valence-electron chi connectivity index (χ4n) is 8.85. The number of aryl methyl sites for hydroxylation is 1. The molecule has 0 spiro atoms. The molecule has 0 saturated carbocycles. The van der Waals surface area contributed by atoms with E-state index in [2.05, 4.69) is 63.6 Å². The van der Waals surface area contributed by atoms with Crippen LogP contribution in [0.25, 0.3) is 11.0 Å². The number of piperidine rings is 2. The predicted molar refractivity (Wildman–Crippen MR) is 186 cm³/mol. The van der Waals surface area contributed by atoms with Crippen molar-refractivity contribution in [2.75, 3.05) is 19.6 Å². The Bertz CT molecular complexity index is 1940. The predicted octanol–water partition coefficient (Wildman–Crippen LogP) is 6.74. The molecule has 1 N–H and O–H groups in total. The first-order chi connectivity index (χ1) is 23.5.